The van der Waals surface area contributed by atoms with Crippen molar-refractivity contribution in [3.8, 4) is 0 Å². The lowest BCUT2D eigenvalue weighted by atomic mass is 9.71. The summed E-state index contributed by atoms with van der Waals surface area (Å²) >= 11 is 0. The van der Waals surface area contributed by atoms with E-state index < -0.39 is 0 Å². The summed E-state index contributed by atoms with van der Waals surface area (Å²) in [7, 11) is 0. The molecule has 1 N–H and O–H groups in total. The molecule has 1 aromatic rings. The van der Waals surface area contributed by atoms with Crippen molar-refractivity contribution in [1.29, 1.82) is 0 Å². The lowest BCUT2D eigenvalue weighted by molar-refractivity contribution is -0.128. The van der Waals surface area contributed by atoms with Crippen LogP contribution in [0, 0.1) is 5.92 Å². The van der Waals surface area contributed by atoms with Gasteiger partial charge >= 0.3 is 0 Å². The number of benzene rings is 1. The van der Waals surface area contributed by atoms with Crippen LogP contribution in [0.2, 0.25) is 0 Å². The maximum atomic E-state index is 12.2. The number of carbonyl (C=O) groups excluding carboxylic acids is 1. The summed E-state index contributed by atoms with van der Waals surface area (Å²) in [5.41, 5.74) is 2.96. The lowest BCUT2D eigenvalue weighted by Gasteiger charge is -2.38. The van der Waals surface area contributed by atoms with Gasteiger partial charge in [-0.15, -0.1) is 0 Å². The summed E-state index contributed by atoms with van der Waals surface area (Å²) in [6, 6.07) is 8.82. The number of carbonyl (C=O) groups is 1. The minimum absolute atomic E-state index is 0.220. The van der Waals surface area contributed by atoms with Gasteiger partial charge in [0.2, 0.25) is 5.91 Å². The number of amides is 1. The van der Waals surface area contributed by atoms with E-state index in [0.29, 0.717) is 0 Å². The summed E-state index contributed by atoms with van der Waals surface area (Å²) in [6.45, 7) is 4.60. The first-order chi connectivity index (χ1) is 9.08. The predicted octanol–water partition coefficient (Wildman–Crippen LogP) is 3.72. The standard InChI is InChI=1S/C17H23NO/c1-17(2)11-10-15(13-8-3-4-9-14(13)17)18-16(19)12-6-5-7-12/h3-4,8-9,12,15H,5-7,10-11H2,1-2H3,(H,18,19)/t15-/m1/s1. The molecule has 0 spiro atoms. The van der Waals surface area contributed by atoms with Crippen LogP contribution in [0.3, 0.4) is 0 Å². The molecule has 0 aliphatic heterocycles. The van der Waals surface area contributed by atoms with E-state index in [-0.39, 0.29) is 23.3 Å². The highest BCUT2D eigenvalue weighted by Gasteiger charge is 2.34. The smallest absolute Gasteiger partial charge is 0.223 e. The SMILES string of the molecule is CC1(C)CC[C@@H](NC(=O)C2CCC2)c2ccccc21. The number of hydrogen-bond donors (Lipinski definition) is 1. The van der Waals surface area contributed by atoms with Gasteiger partial charge in [0.05, 0.1) is 6.04 Å². The van der Waals surface area contributed by atoms with Crippen molar-refractivity contribution in [3.05, 3.63) is 35.4 Å². The molecular formula is C17H23NO. The van der Waals surface area contributed by atoms with Gasteiger partial charge in [-0.2, -0.15) is 0 Å². The molecule has 3 rings (SSSR count). The quantitative estimate of drug-likeness (QED) is 0.859. The van der Waals surface area contributed by atoms with Crippen molar-refractivity contribution in [2.75, 3.05) is 0 Å². The fraction of sp³-hybridized carbons (Fsp3) is 0.588. The molecule has 1 aromatic carbocycles. The number of hydrogen-bond acceptors (Lipinski definition) is 1. The third-order valence-corrected chi connectivity index (χ3v) is 4.92. The average Bonchev–Trinajstić information content (AvgIpc) is 2.31. The van der Waals surface area contributed by atoms with Crippen LogP contribution < -0.4 is 5.32 Å². The fourth-order valence-electron chi connectivity index (χ4n) is 3.32. The monoisotopic (exact) mass is 257 g/mol. The summed E-state index contributed by atoms with van der Waals surface area (Å²) < 4.78 is 0. The van der Waals surface area contributed by atoms with Crippen LogP contribution in [-0.4, -0.2) is 5.91 Å². The topological polar surface area (TPSA) is 29.1 Å². The zero-order valence-corrected chi connectivity index (χ0v) is 11.9. The first-order valence-electron chi connectivity index (χ1n) is 7.48. The highest BCUT2D eigenvalue weighted by molar-refractivity contribution is 5.80. The van der Waals surface area contributed by atoms with Crippen LogP contribution in [0.4, 0.5) is 0 Å². The molecular weight excluding hydrogens is 234 g/mol. The summed E-state index contributed by atoms with van der Waals surface area (Å²) in [4.78, 5) is 12.2. The summed E-state index contributed by atoms with van der Waals surface area (Å²) in [5, 5.41) is 3.28. The third kappa shape index (κ3) is 2.29. The summed E-state index contributed by atoms with van der Waals surface area (Å²) in [6.07, 6.45) is 5.56. The largest absolute Gasteiger partial charge is 0.349 e. The van der Waals surface area contributed by atoms with E-state index >= 15 is 0 Å². The number of rotatable bonds is 2. The molecule has 2 aliphatic carbocycles. The highest BCUT2D eigenvalue weighted by atomic mass is 16.2. The third-order valence-electron chi connectivity index (χ3n) is 4.92. The molecule has 2 heteroatoms. The fourth-order valence-corrected chi connectivity index (χ4v) is 3.32. The van der Waals surface area contributed by atoms with E-state index in [1.807, 2.05) is 0 Å². The van der Waals surface area contributed by atoms with Gasteiger partial charge in [-0.1, -0.05) is 44.5 Å². The van der Waals surface area contributed by atoms with E-state index in [1.165, 1.54) is 17.5 Å². The van der Waals surface area contributed by atoms with Crippen LogP contribution >= 0.6 is 0 Å². The van der Waals surface area contributed by atoms with E-state index in [1.54, 1.807) is 0 Å². The van der Waals surface area contributed by atoms with Gasteiger partial charge in [-0.25, -0.2) is 0 Å². The first kappa shape index (κ1) is 12.7. The number of nitrogens with one attached hydrogen (secondary N) is 1. The van der Waals surface area contributed by atoms with Crippen LogP contribution in [0.25, 0.3) is 0 Å². The molecule has 2 nitrogen and oxygen atoms in total. The van der Waals surface area contributed by atoms with Gasteiger partial charge in [0, 0.05) is 5.92 Å². The van der Waals surface area contributed by atoms with E-state index in [0.717, 1.165) is 25.7 Å². The Bertz CT molecular complexity index is 488. The minimum Gasteiger partial charge on any atom is -0.349 e. The van der Waals surface area contributed by atoms with E-state index in [9.17, 15) is 4.79 Å². The predicted molar refractivity (Wildman–Crippen MR) is 76.9 cm³/mol. The molecule has 1 amide bonds. The van der Waals surface area contributed by atoms with Gasteiger partial charge in [-0.05, 0) is 42.2 Å². The van der Waals surface area contributed by atoms with Gasteiger partial charge in [0.1, 0.15) is 0 Å². The van der Waals surface area contributed by atoms with Crippen LogP contribution in [0.1, 0.15) is 63.1 Å². The van der Waals surface area contributed by atoms with Crippen molar-refractivity contribution in [1.82, 2.24) is 5.32 Å². The van der Waals surface area contributed by atoms with Gasteiger partial charge in [-0.3, -0.25) is 4.79 Å². The Labute approximate surface area is 115 Å². The van der Waals surface area contributed by atoms with Crippen LogP contribution in [0.15, 0.2) is 24.3 Å². The Balaban J connectivity index is 1.82. The lowest BCUT2D eigenvalue weighted by Crippen LogP contribution is -2.40. The Kier molecular flexibility index (Phi) is 3.12. The Morgan fingerprint density at radius 3 is 2.63 bits per heavy atom. The summed E-state index contributed by atoms with van der Waals surface area (Å²) in [5.74, 6) is 0.549. The highest BCUT2D eigenvalue weighted by Crippen LogP contribution is 2.41. The molecule has 0 saturated heterocycles. The molecule has 2 aliphatic rings. The Hall–Kier alpha value is -1.31. The van der Waals surface area contributed by atoms with Crippen molar-refractivity contribution >= 4 is 5.91 Å². The zero-order chi connectivity index (χ0) is 13.5. The maximum Gasteiger partial charge on any atom is 0.223 e. The molecule has 0 aromatic heterocycles. The zero-order valence-electron chi connectivity index (χ0n) is 11.9. The van der Waals surface area contributed by atoms with Crippen LogP contribution in [-0.2, 0) is 10.2 Å². The van der Waals surface area contributed by atoms with Crippen molar-refractivity contribution < 1.29 is 4.79 Å². The minimum atomic E-state index is 0.220. The molecule has 102 valence electrons. The van der Waals surface area contributed by atoms with Gasteiger partial charge in [0.25, 0.3) is 0 Å². The normalized spacial score (nSPS) is 25.3. The first-order valence-corrected chi connectivity index (χ1v) is 7.48. The molecule has 0 bridgehead atoms. The second-order valence-electron chi connectivity index (χ2n) is 6.70. The second-order valence-corrected chi connectivity index (χ2v) is 6.70. The Morgan fingerprint density at radius 2 is 1.95 bits per heavy atom. The molecule has 1 atom stereocenters. The van der Waals surface area contributed by atoms with E-state index in [2.05, 4.69) is 43.4 Å². The molecule has 0 heterocycles. The van der Waals surface area contributed by atoms with Crippen molar-refractivity contribution in [2.24, 2.45) is 5.92 Å². The van der Waals surface area contributed by atoms with Gasteiger partial charge in [0.15, 0.2) is 0 Å². The maximum absolute atomic E-state index is 12.2. The number of fused-ring (bicyclic) bond motifs is 1. The second kappa shape index (κ2) is 4.66. The molecule has 1 fully saturated rings. The molecule has 0 radical (unpaired) electrons. The van der Waals surface area contributed by atoms with E-state index in [4.69, 9.17) is 0 Å². The molecule has 0 unspecified atom stereocenters. The van der Waals surface area contributed by atoms with Crippen molar-refractivity contribution in [3.63, 3.8) is 0 Å². The van der Waals surface area contributed by atoms with Crippen LogP contribution in [0.5, 0.6) is 0 Å². The molecule has 19 heavy (non-hydrogen) atoms. The van der Waals surface area contributed by atoms with Gasteiger partial charge < -0.3 is 5.32 Å². The van der Waals surface area contributed by atoms with Crippen molar-refractivity contribution in [2.45, 2.75) is 57.4 Å². The molecule has 1 saturated carbocycles. The average molecular weight is 257 g/mol. The Morgan fingerprint density at radius 1 is 1.21 bits per heavy atom.